The third kappa shape index (κ3) is 4.20. The molecular weight excluding hydrogens is 416 g/mol. The Labute approximate surface area is 173 Å². The summed E-state index contributed by atoms with van der Waals surface area (Å²) in [6, 6.07) is 11.4. The van der Waals surface area contributed by atoms with Crippen LogP contribution in [0.1, 0.15) is 5.69 Å². The number of fused-ring (bicyclic) bond motifs is 1. The van der Waals surface area contributed by atoms with Gasteiger partial charge in [-0.2, -0.15) is 0 Å². The molecule has 0 bridgehead atoms. The summed E-state index contributed by atoms with van der Waals surface area (Å²) >= 11 is 2.52. The number of nitrogens with one attached hydrogen (secondary N) is 1. The fourth-order valence-corrected chi connectivity index (χ4v) is 4.74. The van der Waals surface area contributed by atoms with E-state index in [9.17, 15) is 18.4 Å². The maximum Gasteiger partial charge on any atom is 0.272 e. The van der Waals surface area contributed by atoms with E-state index in [2.05, 4.69) is 10.3 Å². The van der Waals surface area contributed by atoms with Crippen LogP contribution in [0.5, 0.6) is 0 Å². The van der Waals surface area contributed by atoms with Gasteiger partial charge in [0, 0.05) is 12.2 Å². The molecule has 148 valence electrons. The number of carbonyl (C=O) groups is 1. The normalized spacial score (nSPS) is 12.6. The molecule has 29 heavy (non-hydrogen) atoms. The molecule has 3 aromatic rings. The molecule has 0 aliphatic carbocycles. The Bertz CT molecular complexity index is 1130. The Hall–Kier alpha value is -2.65. The minimum Gasteiger partial charge on any atom is -0.323 e. The SMILES string of the molecule is O=C(CSc1nc2c(c(=O)n1-c1ccc(F)cc1)SCC2)Nc1ccccc1F. The zero-order valence-corrected chi connectivity index (χ0v) is 16.7. The predicted molar refractivity (Wildman–Crippen MR) is 110 cm³/mol. The Kier molecular flexibility index (Phi) is 5.68. The fourth-order valence-electron chi connectivity index (χ4n) is 2.89. The van der Waals surface area contributed by atoms with Gasteiger partial charge in [0.1, 0.15) is 11.6 Å². The minimum absolute atomic E-state index is 0.0616. The number of thioether (sulfide) groups is 2. The molecule has 1 aliphatic heterocycles. The zero-order chi connectivity index (χ0) is 20.4. The van der Waals surface area contributed by atoms with Crippen molar-refractivity contribution >= 4 is 35.1 Å². The quantitative estimate of drug-likeness (QED) is 0.491. The lowest BCUT2D eigenvalue weighted by Gasteiger charge is -2.14. The summed E-state index contributed by atoms with van der Waals surface area (Å²) in [5.41, 5.74) is 1.03. The maximum absolute atomic E-state index is 13.7. The van der Waals surface area contributed by atoms with E-state index in [1.807, 2.05) is 0 Å². The molecule has 1 amide bonds. The first-order valence-electron chi connectivity index (χ1n) is 8.75. The highest BCUT2D eigenvalue weighted by Gasteiger charge is 2.23. The van der Waals surface area contributed by atoms with E-state index >= 15 is 0 Å². The van der Waals surface area contributed by atoms with Crippen LogP contribution < -0.4 is 10.9 Å². The molecule has 0 saturated carbocycles. The molecule has 5 nitrogen and oxygen atoms in total. The number of halogens is 2. The van der Waals surface area contributed by atoms with Crippen molar-refractivity contribution < 1.29 is 13.6 Å². The van der Waals surface area contributed by atoms with E-state index in [0.717, 1.165) is 17.5 Å². The van der Waals surface area contributed by atoms with Crippen LogP contribution in [0.3, 0.4) is 0 Å². The summed E-state index contributed by atoms with van der Waals surface area (Å²) < 4.78 is 28.4. The maximum atomic E-state index is 13.7. The van der Waals surface area contributed by atoms with E-state index in [-0.39, 0.29) is 17.0 Å². The van der Waals surface area contributed by atoms with Crippen LogP contribution in [0.4, 0.5) is 14.5 Å². The number of hydrogen-bond acceptors (Lipinski definition) is 5. The van der Waals surface area contributed by atoms with Crippen LogP contribution in [0.2, 0.25) is 0 Å². The van der Waals surface area contributed by atoms with Gasteiger partial charge in [-0.05, 0) is 36.4 Å². The average molecular weight is 431 g/mol. The number of amides is 1. The summed E-state index contributed by atoms with van der Waals surface area (Å²) in [5.74, 6) is -0.656. The van der Waals surface area contributed by atoms with Crippen molar-refractivity contribution in [2.75, 3.05) is 16.8 Å². The van der Waals surface area contributed by atoms with Crippen molar-refractivity contribution in [3.8, 4) is 5.69 Å². The number of rotatable bonds is 5. The van der Waals surface area contributed by atoms with E-state index in [0.29, 0.717) is 27.9 Å². The van der Waals surface area contributed by atoms with Crippen molar-refractivity contribution in [2.24, 2.45) is 0 Å². The molecule has 0 spiro atoms. The topological polar surface area (TPSA) is 64.0 Å². The van der Waals surface area contributed by atoms with Gasteiger partial charge in [0.15, 0.2) is 5.16 Å². The van der Waals surface area contributed by atoms with Gasteiger partial charge < -0.3 is 5.32 Å². The third-order valence-electron chi connectivity index (χ3n) is 4.23. The molecule has 2 heterocycles. The number of aryl methyl sites for hydroxylation is 1. The van der Waals surface area contributed by atoms with Crippen LogP contribution in [0.25, 0.3) is 5.69 Å². The van der Waals surface area contributed by atoms with Crippen molar-refractivity contribution in [1.29, 1.82) is 0 Å². The highest BCUT2D eigenvalue weighted by molar-refractivity contribution is 8.00. The highest BCUT2D eigenvalue weighted by atomic mass is 32.2. The number of carbonyl (C=O) groups excluding carboxylic acids is 1. The number of hydrogen-bond donors (Lipinski definition) is 1. The summed E-state index contributed by atoms with van der Waals surface area (Å²) in [5, 5.41) is 2.85. The van der Waals surface area contributed by atoms with Gasteiger partial charge in [0.05, 0.1) is 27.7 Å². The van der Waals surface area contributed by atoms with Crippen LogP contribution in [-0.2, 0) is 11.2 Å². The second-order valence-corrected chi connectivity index (χ2v) is 8.25. The molecule has 1 aromatic heterocycles. The molecule has 2 aromatic carbocycles. The first kappa shape index (κ1) is 19.7. The first-order chi connectivity index (χ1) is 14.0. The van der Waals surface area contributed by atoms with Crippen LogP contribution in [-0.4, -0.2) is 27.0 Å². The van der Waals surface area contributed by atoms with Crippen LogP contribution in [0.15, 0.2) is 63.4 Å². The summed E-state index contributed by atoms with van der Waals surface area (Å²) in [6.07, 6.45) is 0.675. The molecule has 0 saturated heterocycles. The average Bonchev–Trinajstić information content (AvgIpc) is 3.18. The molecule has 1 N–H and O–H groups in total. The number of benzene rings is 2. The van der Waals surface area contributed by atoms with Crippen molar-refractivity contribution in [2.45, 2.75) is 16.5 Å². The van der Waals surface area contributed by atoms with Crippen LogP contribution >= 0.6 is 23.5 Å². The second kappa shape index (κ2) is 8.38. The third-order valence-corrected chi connectivity index (χ3v) is 6.28. The van der Waals surface area contributed by atoms with Crippen molar-refractivity contribution in [1.82, 2.24) is 9.55 Å². The summed E-state index contributed by atoms with van der Waals surface area (Å²) in [6.45, 7) is 0. The van der Waals surface area contributed by atoms with Gasteiger partial charge in [-0.25, -0.2) is 13.8 Å². The summed E-state index contributed by atoms with van der Waals surface area (Å²) in [7, 11) is 0. The van der Waals surface area contributed by atoms with Gasteiger partial charge >= 0.3 is 0 Å². The number of para-hydroxylation sites is 1. The van der Waals surface area contributed by atoms with E-state index < -0.39 is 17.5 Å². The lowest BCUT2D eigenvalue weighted by Crippen LogP contribution is -2.24. The molecule has 0 radical (unpaired) electrons. The van der Waals surface area contributed by atoms with Crippen molar-refractivity contribution in [3.63, 3.8) is 0 Å². The molecule has 0 unspecified atom stereocenters. The Morgan fingerprint density at radius 3 is 2.69 bits per heavy atom. The van der Waals surface area contributed by atoms with E-state index in [4.69, 9.17) is 0 Å². The van der Waals surface area contributed by atoms with Gasteiger partial charge in [0.25, 0.3) is 5.56 Å². The van der Waals surface area contributed by atoms with Gasteiger partial charge in [-0.1, -0.05) is 23.9 Å². The minimum atomic E-state index is -0.526. The van der Waals surface area contributed by atoms with Gasteiger partial charge in [-0.3, -0.25) is 14.2 Å². The lowest BCUT2D eigenvalue weighted by atomic mass is 10.3. The Morgan fingerprint density at radius 2 is 1.93 bits per heavy atom. The predicted octanol–water partition coefficient (Wildman–Crippen LogP) is 3.89. The van der Waals surface area contributed by atoms with Crippen molar-refractivity contribution in [3.05, 3.63) is 76.2 Å². The van der Waals surface area contributed by atoms with E-state index in [1.54, 1.807) is 6.07 Å². The second-order valence-electron chi connectivity index (χ2n) is 6.20. The zero-order valence-electron chi connectivity index (χ0n) is 15.0. The monoisotopic (exact) mass is 431 g/mol. The smallest absolute Gasteiger partial charge is 0.272 e. The standard InChI is InChI=1S/C20H15F2N3O2S2/c21-12-5-7-13(8-6-12)25-19(27)18-16(9-10-28-18)24-20(25)29-11-17(26)23-15-4-2-1-3-14(15)22/h1-8H,9-11H2,(H,23,26). The van der Waals surface area contributed by atoms with Crippen LogP contribution in [0, 0.1) is 11.6 Å². The number of nitrogens with zero attached hydrogens (tertiary/aromatic N) is 2. The van der Waals surface area contributed by atoms with E-state index in [1.165, 1.54) is 58.8 Å². The summed E-state index contributed by atoms with van der Waals surface area (Å²) in [4.78, 5) is 30.4. The molecule has 4 rings (SSSR count). The Morgan fingerprint density at radius 1 is 1.17 bits per heavy atom. The Balaban J connectivity index is 1.62. The number of anilines is 1. The largest absolute Gasteiger partial charge is 0.323 e. The molecule has 0 fully saturated rings. The van der Waals surface area contributed by atoms with Gasteiger partial charge in [-0.15, -0.1) is 11.8 Å². The molecular formula is C20H15F2N3O2S2. The molecule has 0 atom stereocenters. The first-order valence-corrected chi connectivity index (χ1v) is 10.7. The fraction of sp³-hybridized carbons (Fsp3) is 0.150. The van der Waals surface area contributed by atoms with Gasteiger partial charge in [0.2, 0.25) is 5.91 Å². The lowest BCUT2D eigenvalue weighted by molar-refractivity contribution is -0.113. The molecule has 9 heteroatoms. The number of aromatic nitrogens is 2. The highest BCUT2D eigenvalue weighted by Crippen LogP contribution is 2.30. The molecule has 1 aliphatic rings.